The van der Waals surface area contributed by atoms with Crippen LogP contribution in [0.2, 0.25) is 0 Å². The van der Waals surface area contributed by atoms with Crippen LogP contribution < -0.4 is 4.74 Å². The summed E-state index contributed by atoms with van der Waals surface area (Å²) >= 11 is 0. The average Bonchev–Trinajstić information content (AvgIpc) is 2.58. The fourth-order valence-electron chi connectivity index (χ4n) is 2.74. The molecule has 1 aliphatic rings. The SMILES string of the molecule is COc1cccc(C(B2OC(C)(C)C(C)(C)O2)C(C)C)c1. The van der Waals surface area contributed by atoms with Gasteiger partial charge < -0.3 is 14.0 Å². The van der Waals surface area contributed by atoms with Crippen LogP contribution in [0.4, 0.5) is 0 Å². The molecule has 4 heteroatoms. The van der Waals surface area contributed by atoms with E-state index in [1.807, 2.05) is 12.1 Å². The van der Waals surface area contributed by atoms with Crippen LogP contribution >= 0.6 is 0 Å². The first-order valence-electron chi connectivity index (χ1n) is 7.67. The second-order valence-corrected chi connectivity index (χ2v) is 7.17. The van der Waals surface area contributed by atoms with Gasteiger partial charge in [-0.1, -0.05) is 26.0 Å². The van der Waals surface area contributed by atoms with Crippen molar-refractivity contribution >= 4 is 7.12 Å². The number of ether oxygens (including phenoxy) is 1. The summed E-state index contributed by atoms with van der Waals surface area (Å²) in [5, 5.41) is 0. The molecule has 21 heavy (non-hydrogen) atoms. The highest BCUT2D eigenvalue weighted by molar-refractivity contribution is 6.47. The van der Waals surface area contributed by atoms with E-state index in [0.29, 0.717) is 5.92 Å². The van der Waals surface area contributed by atoms with Crippen LogP contribution in [-0.2, 0) is 9.31 Å². The van der Waals surface area contributed by atoms with Crippen molar-refractivity contribution in [2.45, 2.75) is 58.6 Å². The van der Waals surface area contributed by atoms with Crippen LogP contribution in [0.1, 0.15) is 52.9 Å². The molecule has 3 nitrogen and oxygen atoms in total. The summed E-state index contributed by atoms with van der Waals surface area (Å²) < 4.78 is 17.9. The minimum absolute atomic E-state index is 0.182. The van der Waals surface area contributed by atoms with Crippen molar-refractivity contribution in [2.24, 2.45) is 5.92 Å². The molecule has 0 bridgehead atoms. The van der Waals surface area contributed by atoms with Crippen molar-refractivity contribution in [1.29, 1.82) is 0 Å². The molecule has 0 N–H and O–H groups in total. The van der Waals surface area contributed by atoms with Crippen LogP contribution in [-0.4, -0.2) is 25.4 Å². The maximum absolute atomic E-state index is 6.25. The third-order valence-corrected chi connectivity index (χ3v) is 4.76. The Morgan fingerprint density at radius 3 is 2.10 bits per heavy atom. The lowest BCUT2D eigenvalue weighted by atomic mass is 9.62. The fourth-order valence-corrected chi connectivity index (χ4v) is 2.74. The summed E-state index contributed by atoms with van der Waals surface area (Å²) in [6, 6.07) is 8.19. The molecule has 1 saturated heterocycles. The van der Waals surface area contributed by atoms with Gasteiger partial charge in [-0.3, -0.25) is 0 Å². The molecule has 0 aromatic heterocycles. The third kappa shape index (κ3) is 3.11. The maximum atomic E-state index is 6.25. The van der Waals surface area contributed by atoms with Crippen LogP contribution in [0.3, 0.4) is 0 Å². The highest BCUT2D eigenvalue weighted by Gasteiger charge is 2.54. The lowest BCUT2D eigenvalue weighted by Crippen LogP contribution is -2.41. The average molecular weight is 290 g/mol. The summed E-state index contributed by atoms with van der Waals surface area (Å²) in [5.74, 6) is 1.46. The molecule has 2 rings (SSSR count). The Morgan fingerprint density at radius 2 is 1.62 bits per heavy atom. The van der Waals surface area contributed by atoms with Gasteiger partial charge in [0.1, 0.15) is 5.75 Å². The van der Waals surface area contributed by atoms with Gasteiger partial charge in [0.2, 0.25) is 0 Å². The first-order valence-corrected chi connectivity index (χ1v) is 7.67. The molecule has 0 spiro atoms. The zero-order chi connectivity index (χ0) is 15.8. The van der Waals surface area contributed by atoms with E-state index in [0.717, 1.165) is 5.75 Å². The fraction of sp³-hybridized carbons (Fsp3) is 0.647. The quantitative estimate of drug-likeness (QED) is 0.782. The molecule has 0 amide bonds. The molecule has 1 aromatic rings. The number of benzene rings is 1. The second kappa shape index (κ2) is 5.66. The van der Waals surface area contributed by atoms with Gasteiger partial charge in [0, 0.05) is 5.82 Å². The topological polar surface area (TPSA) is 27.7 Å². The Labute approximate surface area is 129 Å². The molecule has 1 unspecified atom stereocenters. The number of hydrogen-bond donors (Lipinski definition) is 0. The van der Waals surface area contributed by atoms with Gasteiger partial charge in [0.25, 0.3) is 0 Å². The summed E-state index contributed by atoms with van der Waals surface area (Å²) in [6.07, 6.45) is 0. The van der Waals surface area contributed by atoms with E-state index in [4.69, 9.17) is 14.0 Å². The molecular weight excluding hydrogens is 263 g/mol. The largest absolute Gasteiger partial charge is 0.497 e. The lowest BCUT2D eigenvalue weighted by Gasteiger charge is -2.32. The minimum atomic E-state index is -0.302. The van der Waals surface area contributed by atoms with Crippen LogP contribution in [0.5, 0.6) is 5.75 Å². The van der Waals surface area contributed by atoms with E-state index < -0.39 is 0 Å². The molecule has 1 aromatic carbocycles. The standard InChI is InChI=1S/C17H27BO3/c1-12(2)15(13-9-8-10-14(11-13)19-7)18-20-16(3,4)17(5,6)21-18/h8-12,15H,1-7H3. The Hall–Kier alpha value is -0.995. The van der Waals surface area contributed by atoms with E-state index >= 15 is 0 Å². The molecular formula is C17H27BO3. The van der Waals surface area contributed by atoms with Gasteiger partial charge >= 0.3 is 7.12 Å². The van der Waals surface area contributed by atoms with Gasteiger partial charge in [-0.25, -0.2) is 0 Å². The van der Waals surface area contributed by atoms with E-state index in [2.05, 4.69) is 53.7 Å². The first-order chi connectivity index (χ1) is 9.68. The summed E-state index contributed by atoms with van der Waals surface area (Å²) in [6.45, 7) is 12.8. The molecule has 0 radical (unpaired) electrons. The molecule has 1 fully saturated rings. The highest BCUT2D eigenvalue weighted by Crippen LogP contribution is 2.43. The maximum Gasteiger partial charge on any atom is 0.466 e. The first kappa shape index (κ1) is 16.4. The molecule has 0 saturated carbocycles. The molecule has 116 valence electrons. The van der Waals surface area contributed by atoms with Crippen LogP contribution in [0.15, 0.2) is 24.3 Å². The van der Waals surface area contributed by atoms with Gasteiger partial charge in [-0.15, -0.1) is 0 Å². The predicted octanol–water partition coefficient (Wildman–Crippen LogP) is 4.07. The van der Waals surface area contributed by atoms with Gasteiger partial charge in [0.15, 0.2) is 0 Å². The molecule has 1 atom stereocenters. The number of hydrogen-bond acceptors (Lipinski definition) is 3. The summed E-state index contributed by atoms with van der Waals surface area (Å²) in [5.41, 5.74) is 0.593. The van der Waals surface area contributed by atoms with E-state index in [1.165, 1.54) is 5.56 Å². The summed E-state index contributed by atoms with van der Waals surface area (Å²) in [7, 11) is 1.46. The highest BCUT2D eigenvalue weighted by atomic mass is 16.7. The van der Waals surface area contributed by atoms with Crippen molar-refractivity contribution in [3.8, 4) is 5.75 Å². The Morgan fingerprint density at radius 1 is 1.05 bits per heavy atom. The zero-order valence-electron chi connectivity index (χ0n) is 14.3. The van der Waals surface area contributed by atoms with Crippen molar-refractivity contribution < 1.29 is 14.0 Å². The van der Waals surface area contributed by atoms with E-state index in [1.54, 1.807) is 7.11 Å². The molecule has 1 heterocycles. The van der Waals surface area contributed by atoms with Crippen molar-refractivity contribution in [3.05, 3.63) is 29.8 Å². The second-order valence-electron chi connectivity index (χ2n) is 7.17. The van der Waals surface area contributed by atoms with E-state index in [9.17, 15) is 0 Å². The van der Waals surface area contributed by atoms with Crippen LogP contribution in [0, 0.1) is 5.92 Å². The third-order valence-electron chi connectivity index (χ3n) is 4.76. The van der Waals surface area contributed by atoms with Gasteiger partial charge in [-0.2, -0.15) is 0 Å². The van der Waals surface area contributed by atoms with Crippen molar-refractivity contribution in [2.75, 3.05) is 7.11 Å². The van der Waals surface area contributed by atoms with Crippen molar-refractivity contribution in [1.82, 2.24) is 0 Å². The number of methoxy groups -OCH3 is 1. The van der Waals surface area contributed by atoms with Crippen molar-refractivity contribution in [3.63, 3.8) is 0 Å². The predicted molar refractivity (Wildman–Crippen MR) is 86.7 cm³/mol. The summed E-state index contributed by atoms with van der Waals surface area (Å²) in [4.78, 5) is 0. The monoisotopic (exact) mass is 290 g/mol. The Bertz CT molecular complexity index is 481. The Balaban J connectivity index is 2.33. The van der Waals surface area contributed by atoms with Gasteiger partial charge in [-0.05, 0) is 51.3 Å². The number of rotatable bonds is 4. The van der Waals surface area contributed by atoms with E-state index in [-0.39, 0.29) is 24.1 Å². The van der Waals surface area contributed by atoms with Crippen LogP contribution in [0.25, 0.3) is 0 Å². The smallest absolute Gasteiger partial charge is 0.466 e. The zero-order valence-corrected chi connectivity index (χ0v) is 14.3. The Kier molecular flexibility index (Phi) is 4.41. The molecule has 0 aliphatic carbocycles. The minimum Gasteiger partial charge on any atom is -0.497 e. The van der Waals surface area contributed by atoms with Gasteiger partial charge in [0.05, 0.1) is 18.3 Å². The normalized spacial score (nSPS) is 21.6. The molecule has 1 aliphatic heterocycles. The lowest BCUT2D eigenvalue weighted by molar-refractivity contribution is 0.00578.